The predicted octanol–water partition coefficient (Wildman–Crippen LogP) is 2.65. The second-order valence-corrected chi connectivity index (χ2v) is 5.22. The van der Waals surface area contributed by atoms with Crippen LogP contribution in [0.15, 0.2) is 24.3 Å². The molecule has 0 amide bonds. The topological polar surface area (TPSA) is 24.5 Å². The standard InChI is InChI=1S/C16H28N2O/c1-5-18(9-10-19-4)13-16-8-6-7-15(11-16)12-17-14(2)3/h6-8,11,14,17H,5,9-10,12-13H2,1-4H3. The van der Waals surface area contributed by atoms with Gasteiger partial charge in [0.05, 0.1) is 6.61 Å². The van der Waals surface area contributed by atoms with E-state index in [-0.39, 0.29) is 0 Å². The Balaban J connectivity index is 2.54. The van der Waals surface area contributed by atoms with Gasteiger partial charge in [-0.1, -0.05) is 45.0 Å². The molecule has 1 rings (SSSR count). The van der Waals surface area contributed by atoms with E-state index < -0.39 is 0 Å². The lowest BCUT2D eigenvalue weighted by Crippen LogP contribution is -2.27. The van der Waals surface area contributed by atoms with Crippen LogP contribution in [0.5, 0.6) is 0 Å². The molecular formula is C16H28N2O. The second kappa shape index (κ2) is 9.08. The molecule has 3 nitrogen and oxygen atoms in total. The molecule has 0 bridgehead atoms. The van der Waals surface area contributed by atoms with Crippen LogP contribution in [-0.4, -0.2) is 37.7 Å². The van der Waals surface area contributed by atoms with Gasteiger partial charge in [0.15, 0.2) is 0 Å². The van der Waals surface area contributed by atoms with E-state index in [9.17, 15) is 0 Å². The summed E-state index contributed by atoms with van der Waals surface area (Å²) in [5.74, 6) is 0. The summed E-state index contributed by atoms with van der Waals surface area (Å²) in [4.78, 5) is 2.40. The van der Waals surface area contributed by atoms with Crippen LogP contribution in [0.4, 0.5) is 0 Å². The highest BCUT2D eigenvalue weighted by Gasteiger charge is 2.04. The van der Waals surface area contributed by atoms with Crippen molar-refractivity contribution in [2.45, 2.75) is 39.9 Å². The van der Waals surface area contributed by atoms with Gasteiger partial charge in [-0.3, -0.25) is 4.90 Å². The Morgan fingerprint density at radius 1 is 1.26 bits per heavy atom. The third-order valence-electron chi connectivity index (χ3n) is 3.17. The summed E-state index contributed by atoms with van der Waals surface area (Å²) in [6.07, 6.45) is 0. The van der Waals surface area contributed by atoms with Crippen molar-refractivity contribution in [2.24, 2.45) is 0 Å². The summed E-state index contributed by atoms with van der Waals surface area (Å²) in [7, 11) is 1.76. The first-order valence-electron chi connectivity index (χ1n) is 7.18. The lowest BCUT2D eigenvalue weighted by atomic mass is 10.1. The van der Waals surface area contributed by atoms with Gasteiger partial charge in [-0.15, -0.1) is 0 Å². The molecule has 1 aromatic rings. The van der Waals surface area contributed by atoms with Crippen molar-refractivity contribution in [1.82, 2.24) is 10.2 Å². The monoisotopic (exact) mass is 264 g/mol. The number of benzene rings is 1. The maximum atomic E-state index is 5.15. The van der Waals surface area contributed by atoms with E-state index in [2.05, 4.69) is 55.3 Å². The van der Waals surface area contributed by atoms with Crippen molar-refractivity contribution in [3.63, 3.8) is 0 Å². The molecule has 0 atom stereocenters. The quantitative estimate of drug-likeness (QED) is 0.742. The molecule has 1 aromatic carbocycles. The third kappa shape index (κ3) is 6.71. The van der Waals surface area contributed by atoms with E-state index in [1.54, 1.807) is 7.11 Å². The maximum absolute atomic E-state index is 5.15. The van der Waals surface area contributed by atoms with Crippen LogP contribution in [0.1, 0.15) is 31.9 Å². The minimum Gasteiger partial charge on any atom is -0.383 e. The average Bonchev–Trinajstić information content (AvgIpc) is 2.41. The van der Waals surface area contributed by atoms with Crippen LogP contribution in [0, 0.1) is 0 Å². The zero-order chi connectivity index (χ0) is 14.1. The Morgan fingerprint density at radius 3 is 2.63 bits per heavy atom. The summed E-state index contributed by atoms with van der Waals surface area (Å²) in [5.41, 5.74) is 2.73. The van der Waals surface area contributed by atoms with Crippen molar-refractivity contribution in [3.8, 4) is 0 Å². The number of nitrogens with zero attached hydrogens (tertiary/aromatic N) is 1. The van der Waals surface area contributed by atoms with Crippen LogP contribution in [-0.2, 0) is 17.8 Å². The summed E-state index contributed by atoms with van der Waals surface area (Å²) in [6, 6.07) is 9.36. The van der Waals surface area contributed by atoms with E-state index in [0.717, 1.165) is 32.8 Å². The molecule has 0 saturated carbocycles. The first-order chi connectivity index (χ1) is 9.15. The fraction of sp³-hybridized carbons (Fsp3) is 0.625. The molecule has 0 aromatic heterocycles. The number of likely N-dealkylation sites (N-methyl/N-ethyl adjacent to an activating group) is 1. The molecule has 0 spiro atoms. The molecule has 108 valence electrons. The van der Waals surface area contributed by atoms with E-state index >= 15 is 0 Å². The number of nitrogens with one attached hydrogen (secondary N) is 1. The first-order valence-corrected chi connectivity index (χ1v) is 7.18. The minimum absolute atomic E-state index is 0.525. The lowest BCUT2D eigenvalue weighted by molar-refractivity contribution is 0.147. The maximum Gasteiger partial charge on any atom is 0.0589 e. The van der Waals surface area contributed by atoms with Gasteiger partial charge in [-0.05, 0) is 17.7 Å². The number of hydrogen-bond donors (Lipinski definition) is 1. The Labute approximate surface area is 118 Å². The van der Waals surface area contributed by atoms with Crippen molar-refractivity contribution >= 4 is 0 Å². The van der Waals surface area contributed by atoms with Gasteiger partial charge in [0.2, 0.25) is 0 Å². The smallest absolute Gasteiger partial charge is 0.0589 e. The molecule has 0 aliphatic rings. The highest BCUT2D eigenvalue weighted by atomic mass is 16.5. The van der Waals surface area contributed by atoms with Gasteiger partial charge in [-0.2, -0.15) is 0 Å². The van der Waals surface area contributed by atoms with E-state index in [4.69, 9.17) is 4.74 Å². The Bertz CT molecular complexity index is 352. The second-order valence-electron chi connectivity index (χ2n) is 5.22. The highest BCUT2D eigenvalue weighted by Crippen LogP contribution is 2.08. The van der Waals surface area contributed by atoms with E-state index in [1.807, 2.05) is 0 Å². The first kappa shape index (κ1) is 16.2. The molecule has 0 fully saturated rings. The summed E-state index contributed by atoms with van der Waals surface area (Å²) in [6.45, 7) is 11.3. The Morgan fingerprint density at radius 2 is 2.00 bits per heavy atom. The number of methoxy groups -OCH3 is 1. The zero-order valence-electron chi connectivity index (χ0n) is 12.8. The van der Waals surface area contributed by atoms with Crippen molar-refractivity contribution in [2.75, 3.05) is 26.8 Å². The van der Waals surface area contributed by atoms with Crippen LogP contribution >= 0.6 is 0 Å². The number of ether oxygens (including phenoxy) is 1. The van der Waals surface area contributed by atoms with Crippen molar-refractivity contribution in [3.05, 3.63) is 35.4 Å². The Hall–Kier alpha value is -0.900. The van der Waals surface area contributed by atoms with Crippen LogP contribution in [0.2, 0.25) is 0 Å². The molecular weight excluding hydrogens is 236 g/mol. The van der Waals surface area contributed by atoms with Gasteiger partial charge in [0, 0.05) is 32.8 Å². The SMILES string of the molecule is CCN(CCOC)Cc1cccc(CNC(C)C)c1. The summed E-state index contributed by atoms with van der Waals surface area (Å²) < 4.78 is 5.15. The van der Waals surface area contributed by atoms with Crippen molar-refractivity contribution < 1.29 is 4.74 Å². The van der Waals surface area contributed by atoms with E-state index in [0.29, 0.717) is 6.04 Å². The predicted molar refractivity (Wildman–Crippen MR) is 81.2 cm³/mol. The van der Waals surface area contributed by atoms with Crippen molar-refractivity contribution in [1.29, 1.82) is 0 Å². The minimum atomic E-state index is 0.525. The Kier molecular flexibility index (Phi) is 7.72. The third-order valence-corrected chi connectivity index (χ3v) is 3.17. The van der Waals surface area contributed by atoms with Gasteiger partial charge in [0.1, 0.15) is 0 Å². The average molecular weight is 264 g/mol. The molecule has 0 radical (unpaired) electrons. The molecule has 0 aliphatic heterocycles. The molecule has 0 saturated heterocycles. The van der Waals surface area contributed by atoms with Gasteiger partial charge in [-0.25, -0.2) is 0 Å². The van der Waals surface area contributed by atoms with Crippen LogP contribution in [0.25, 0.3) is 0 Å². The lowest BCUT2D eigenvalue weighted by Gasteiger charge is -2.20. The largest absolute Gasteiger partial charge is 0.383 e. The fourth-order valence-electron chi connectivity index (χ4n) is 1.99. The molecule has 0 aliphatic carbocycles. The summed E-state index contributed by atoms with van der Waals surface area (Å²) >= 11 is 0. The molecule has 3 heteroatoms. The highest BCUT2D eigenvalue weighted by molar-refractivity contribution is 5.23. The molecule has 1 N–H and O–H groups in total. The van der Waals surface area contributed by atoms with Gasteiger partial charge < -0.3 is 10.1 Å². The van der Waals surface area contributed by atoms with Crippen LogP contribution < -0.4 is 5.32 Å². The molecule has 0 heterocycles. The zero-order valence-corrected chi connectivity index (χ0v) is 12.8. The molecule has 19 heavy (non-hydrogen) atoms. The number of rotatable bonds is 9. The fourth-order valence-corrected chi connectivity index (χ4v) is 1.99. The molecule has 0 unspecified atom stereocenters. The van der Waals surface area contributed by atoms with Gasteiger partial charge in [0.25, 0.3) is 0 Å². The normalized spacial score (nSPS) is 11.5. The summed E-state index contributed by atoms with van der Waals surface area (Å²) in [5, 5.41) is 3.46. The van der Waals surface area contributed by atoms with Crippen LogP contribution in [0.3, 0.4) is 0 Å². The number of hydrogen-bond acceptors (Lipinski definition) is 3. The van der Waals surface area contributed by atoms with E-state index in [1.165, 1.54) is 11.1 Å². The van der Waals surface area contributed by atoms with Gasteiger partial charge >= 0.3 is 0 Å².